The Hall–Kier alpha value is -2.05. The van der Waals surface area contributed by atoms with Crippen LogP contribution in [0.5, 0.6) is 11.8 Å². The summed E-state index contributed by atoms with van der Waals surface area (Å²) in [6.45, 7) is 0. The molecule has 0 amide bonds. The van der Waals surface area contributed by atoms with Gasteiger partial charge in [0.15, 0.2) is 11.6 Å². The number of nitrogens with zero attached hydrogens (tertiary/aromatic N) is 3. The van der Waals surface area contributed by atoms with Crippen molar-refractivity contribution in [1.29, 1.82) is 0 Å². The number of hydrogen-bond donors (Lipinski definition) is 2. The molecule has 98 valence electrons. The summed E-state index contributed by atoms with van der Waals surface area (Å²) in [5.41, 5.74) is 5.65. The Morgan fingerprint density at radius 1 is 1.32 bits per heavy atom. The number of benzene rings is 1. The molecular weight excluding hydrogens is 291 g/mol. The molecule has 19 heavy (non-hydrogen) atoms. The minimum Gasteiger partial charge on any atom is -0.423 e. The molecule has 0 aliphatic rings. The molecule has 0 aliphatic heterocycles. The molecule has 1 aromatic carbocycles. The second kappa shape index (κ2) is 5.73. The molecule has 0 fully saturated rings. The Bertz CT molecular complexity index is 634. The van der Waals surface area contributed by atoms with E-state index in [9.17, 15) is 0 Å². The molecule has 2 aromatic rings. The second-order valence-corrected chi connectivity index (χ2v) is 4.23. The standard InChI is InChI=1S/C11H8Cl2N4O2/c12-6-1-2-7(13)9(5-6)19-11-15-4-3-8(16-11)10(14)17-18/h1-5,18H,(H2,14,17). The Morgan fingerprint density at radius 2 is 2.11 bits per heavy atom. The normalized spacial score (nSPS) is 11.4. The van der Waals surface area contributed by atoms with Gasteiger partial charge >= 0.3 is 6.01 Å². The molecule has 0 aliphatic carbocycles. The summed E-state index contributed by atoms with van der Waals surface area (Å²) in [5, 5.41) is 12.2. The van der Waals surface area contributed by atoms with Crippen LogP contribution in [0.25, 0.3) is 0 Å². The number of nitrogens with two attached hydrogens (primary N) is 1. The minimum atomic E-state index is -0.149. The fraction of sp³-hybridized carbons (Fsp3) is 0. The van der Waals surface area contributed by atoms with Gasteiger partial charge in [-0.2, -0.15) is 4.98 Å². The van der Waals surface area contributed by atoms with Crippen molar-refractivity contribution in [1.82, 2.24) is 9.97 Å². The predicted molar refractivity (Wildman–Crippen MR) is 71.1 cm³/mol. The van der Waals surface area contributed by atoms with E-state index in [1.165, 1.54) is 18.3 Å². The van der Waals surface area contributed by atoms with E-state index in [0.29, 0.717) is 15.8 Å². The van der Waals surface area contributed by atoms with Crippen LogP contribution >= 0.6 is 23.2 Å². The lowest BCUT2D eigenvalue weighted by molar-refractivity contribution is 0.318. The molecule has 6 nitrogen and oxygen atoms in total. The molecule has 1 heterocycles. The molecule has 0 radical (unpaired) electrons. The van der Waals surface area contributed by atoms with Crippen molar-refractivity contribution in [2.75, 3.05) is 0 Å². The molecule has 0 saturated heterocycles. The van der Waals surface area contributed by atoms with Crippen LogP contribution < -0.4 is 10.5 Å². The van der Waals surface area contributed by atoms with Gasteiger partial charge in [0.1, 0.15) is 5.69 Å². The zero-order valence-electron chi connectivity index (χ0n) is 9.42. The largest absolute Gasteiger partial charge is 0.423 e. The third-order valence-electron chi connectivity index (χ3n) is 2.10. The van der Waals surface area contributed by atoms with E-state index in [2.05, 4.69) is 15.1 Å². The van der Waals surface area contributed by atoms with Gasteiger partial charge in [0.2, 0.25) is 0 Å². The van der Waals surface area contributed by atoms with Crippen LogP contribution in [0.2, 0.25) is 10.0 Å². The number of rotatable bonds is 3. The number of halogens is 2. The van der Waals surface area contributed by atoms with E-state index < -0.39 is 0 Å². The van der Waals surface area contributed by atoms with Crippen molar-refractivity contribution < 1.29 is 9.94 Å². The topological polar surface area (TPSA) is 93.6 Å². The van der Waals surface area contributed by atoms with Gasteiger partial charge in [-0.3, -0.25) is 0 Å². The first-order chi connectivity index (χ1) is 9.10. The van der Waals surface area contributed by atoms with E-state index in [1.807, 2.05) is 0 Å². The molecule has 1 aromatic heterocycles. The first kappa shape index (κ1) is 13.4. The van der Waals surface area contributed by atoms with E-state index >= 15 is 0 Å². The summed E-state index contributed by atoms with van der Waals surface area (Å²) < 4.78 is 5.39. The van der Waals surface area contributed by atoms with Crippen molar-refractivity contribution >= 4 is 29.0 Å². The average molecular weight is 299 g/mol. The quantitative estimate of drug-likeness (QED) is 0.393. The molecule has 0 atom stereocenters. The van der Waals surface area contributed by atoms with Crippen LogP contribution in [0, 0.1) is 0 Å². The minimum absolute atomic E-state index is 0.00765. The number of ether oxygens (including phenoxy) is 1. The van der Waals surface area contributed by atoms with E-state index in [4.69, 9.17) is 38.9 Å². The highest BCUT2D eigenvalue weighted by Gasteiger charge is 2.08. The Kier molecular flexibility index (Phi) is 4.03. The third-order valence-corrected chi connectivity index (χ3v) is 2.65. The summed E-state index contributed by atoms with van der Waals surface area (Å²) >= 11 is 11.8. The monoisotopic (exact) mass is 298 g/mol. The fourth-order valence-corrected chi connectivity index (χ4v) is 1.56. The SMILES string of the molecule is N/C(=N/O)c1ccnc(Oc2cc(Cl)ccc2Cl)n1. The fourth-order valence-electron chi connectivity index (χ4n) is 1.24. The lowest BCUT2D eigenvalue weighted by Gasteiger charge is -2.06. The molecule has 0 spiro atoms. The van der Waals surface area contributed by atoms with Gasteiger partial charge in [-0.15, -0.1) is 0 Å². The summed E-state index contributed by atoms with van der Waals surface area (Å²) in [6, 6.07) is 6.23. The molecule has 0 saturated carbocycles. The van der Waals surface area contributed by atoms with Gasteiger partial charge in [-0.1, -0.05) is 28.4 Å². The molecule has 8 heteroatoms. The molecular formula is C11H8Cl2N4O2. The lowest BCUT2D eigenvalue weighted by Crippen LogP contribution is -2.15. The summed E-state index contributed by atoms with van der Waals surface area (Å²) in [4.78, 5) is 7.85. The van der Waals surface area contributed by atoms with Gasteiger partial charge in [0.05, 0.1) is 5.02 Å². The van der Waals surface area contributed by atoms with Crippen molar-refractivity contribution in [2.45, 2.75) is 0 Å². The maximum absolute atomic E-state index is 8.57. The van der Waals surface area contributed by atoms with Crippen LogP contribution in [0.3, 0.4) is 0 Å². The van der Waals surface area contributed by atoms with Gasteiger partial charge in [0, 0.05) is 17.3 Å². The van der Waals surface area contributed by atoms with Crippen molar-refractivity contribution in [3.8, 4) is 11.8 Å². The highest BCUT2D eigenvalue weighted by Crippen LogP contribution is 2.30. The number of hydrogen-bond acceptors (Lipinski definition) is 5. The Balaban J connectivity index is 2.31. The van der Waals surface area contributed by atoms with Crippen molar-refractivity contribution in [2.24, 2.45) is 10.9 Å². The van der Waals surface area contributed by atoms with E-state index in [1.54, 1.807) is 12.1 Å². The maximum Gasteiger partial charge on any atom is 0.322 e. The van der Waals surface area contributed by atoms with Gasteiger partial charge < -0.3 is 15.7 Å². The summed E-state index contributed by atoms with van der Waals surface area (Å²) in [6.07, 6.45) is 1.41. The average Bonchev–Trinajstić information content (AvgIpc) is 2.42. The molecule has 0 unspecified atom stereocenters. The first-order valence-corrected chi connectivity index (χ1v) is 5.79. The van der Waals surface area contributed by atoms with Crippen LogP contribution in [0.1, 0.15) is 5.69 Å². The van der Waals surface area contributed by atoms with Crippen LogP contribution in [-0.4, -0.2) is 21.0 Å². The van der Waals surface area contributed by atoms with Crippen molar-refractivity contribution in [3.05, 3.63) is 46.2 Å². The lowest BCUT2D eigenvalue weighted by atomic mass is 10.3. The Morgan fingerprint density at radius 3 is 2.84 bits per heavy atom. The third kappa shape index (κ3) is 3.24. The van der Waals surface area contributed by atoms with Gasteiger partial charge in [-0.05, 0) is 18.2 Å². The molecule has 2 rings (SSSR count). The second-order valence-electron chi connectivity index (χ2n) is 3.39. The number of oxime groups is 1. The number of amidine groups is 1. The van der Waals surface area contributed by atoms with Crippen LogP contribution in [0.4, 0.5) is 0 Å². The predicted octanol–water partition coefficient (Wildman–Crippen LogP) is 2.67. The molecule has 0 bridgehead atoms. The van der Waals surface area contributed by atoms with Crippen molar-refractivity contribution in [3.63, 3.8) is 0 Å². The maximum atomic E-state index is 8.57. The zero-order valence-corrected chi connectivity index (χ0v) is 10.9. The number of aromatic nitrogens is 2. The summed E-state index contributed by atoms with van der Waals surface area (Å²) in [5.74, 6) is 0.162. The summed E-state index contributed by atoms with van der Waals surface area (Å²) in [7, 11) is 0. The van der Waals surface area contributed by atoms with Crippen LogP contribution in [0.15, 0.2) is 35.6 Å². The smallest absolute Gasteiger partial charge is 0.322 e. The van der Waals surface area contributed by atoms with Crippen LogP contribution in [-0.2, 0) is 0 Å². The van der Waals surface area contributed by atoms with Gasteiger partial charge in [0.25, 0.3) is 0 Å². The highest BCUT2D eigenvalue weighted by atomic mass is 35.5. The van der Waals surface area contributed by atoms with E-state index in [-0.39, 0.29) is 17.5 Å². The molecule has 3 N–H and O–H groups in total. The zero-order chi connectivity index (χ0) is 13.8. The first-order valence-electron chi connectivity index (χ1n) is 5.04. The van der Waals surface area contributed by atoms with E-state index in [0.717, 1.165) is 0 Å². The van der Waals surface area contributed by atoms with Gasteiger partial charge in [-0.25, -0.2) is 4.98 Å². The Labute approximate surface area is 118 Å². The highest BCUT2D eigenvalue weighted by molar-refractivity contribution is 6.34.